The number of methoxy groups -OCH3 is 1. The summed E-state index contributed by atoms with van der Waals surface area (Å²) in [7, 11) is 1.66. The molecule has 0 N–H and O–H groups in total. The normalized spacial score (nSPS) is 9.61. The van der Waals surface area contributed by atoms with Gasteiger partial charge in [-0.1, -0.05) is 42.0 Å². The van der Waals surface area contributed by atoms with Crippen molar-refractivity contribution in [1.82, 2.24) is 0 Å². The fourth-order valence-electron chi connectivity index (χ4n) is 1.82. The summed E-state index contributed by atoms with van der Waals surface area (Å²) in [6, 6.07) is 15.1. The summed E-state index contributed by atoms with van der Waals surface area (Å²) in [6.07, 6.45) is 1.63. The molecule has 0 aromatic heterocycles. The predicted molar refractivity (Wildman–Crippen MR) is 66.3 cm³/mol. The molecular formula is C15H15KO2. The van der Waals surface area contributed by atoms with E-state index in [9.17, 15) is 5.11 Å². The molecule has 3 heteroatoms. The number of benzene rings is 2. The van der Waals surface area contributed by atoms with Gasteiger partial charge in [-0.05, 0) is 30.5 Å². The largest absolute Gasteiger partial charge is 1.00 e. The fourth-order valence-corrected chi connectivity index (χ4v) is 1.82. The van der Waals surface area contributed by atoms with Gasteiger partial charge in [-0.25, -0.2) is 0 Å². The first-order valence-corrected chi connectivity index (χ1v) is 5.67. The maximum absolute atomic E-state index is 11.5. The molecule has 88 valence electrons. The molecule has 18 heavy (non-hydrogen) atoms. The van der Waals surface area contributed by atoms with Crippen molar-refractivity contribution in [3.63, 3.8) is 0 Å². The predicted octanol–water partition coefficient (Wildman–Crippen LogP) is -0.442. The smallest absolute Gasteiger partial charge is 0.872 e. The Balaban J connectivity index is 0.00000162. The molecule has 0 spiro atoms. The number of ether oxygens (including phenoxy) is 1. The molecule has 0 saturated heterocycles. The van der Waals surface area contributed by atoms with Crippen molar-refractivity contribution in [2.75, 3.05) is 7.11 Å². The summed E-state index contributed by atoms with van der Waals surface area (Å²) in [6.45, 7) is 0. The first-order chi connectivity index (χ1) is 8.29. The van der Waals surface area contributed by atoms with Crippen LogP contribution in [0.15, 0.2) is 48.5 Å². The Morgan fingerprint density at radius 1 is 1.00 bits per heavy atom. The number of aryl methyl sites for hydroxylation is 2. The second-order valence-electron chi connectivity index (χ2n) is 3.96. The molecule has 0 heterocycles. The zero-order valence-electron chi connectivity index (χ0n) is 10.8. The van der Waals surface area contributed by atoms with Crippen LogP contribution in [0, 0.1) is 0 Å². The van der Waals surface area contributed by atoms with Crippen LogP contribution in [0.25, 0.3) is 0 Å². The first-order valence-electron chi connectivity index (χ1n) is 5.67. The van der Waals surface area contributed by atoms with Crippen LogP contribution in [0.1, 0.15) is 11.1 Å². The van der Waals surface area contributed by atoms with Gasteiger partial charge in [0.15, 0.2) is 0 Å². The Bertz CT molecular complexity index is 497. The molecule has 2 rings (SSSR count). The van der Waals surface area contributed by atoms with E-state index in [-0.39, 0.29) is 57.1 Å². The molecule has 0 atom stereocenters. The Labute approximate surface area is 150 Å². The molecule has 0 aliphatic carbocycles. The second-order valence-corrected chi connectivity index (χ2v) is 3.96. The molecule has 0 saturated carbocycles. The number of hydrogen-bond acceptors (Lipinski definition) is 2. The average Bonchev–Trinajstić information content (AvgIpc) is 2.38. The molecule has 2 aromatic carbocycles. The summed E-state index contributed by atoms with van der Waals surface area (Å²) < 4.78 is 5.17. The van der Waals surface area contributed by atoms with Crippen molar-refractivity contribution < 1.29 is 61.2 Å². The summed E-state index contributed by atoms with van der Waals surface area (Å²) in [5.74, 6) is 0.980. The molecule has 0 unspecified atom stereocenters. The monoisotopic (exact) mass is 266 g/mol. The fraction of sp³-hybridized carbons (Fsp3) is 0.200. The zero-order valence-corrected chi connectivity index (χ0v) is 14.0. The Morgan fingerprint density at radius 2 is 1.78 bits per heavy atom. The van der Waals surface area contributed by atoms with E-state index in [1.165, 1.54) is 5.56 Å². The quantitative estimate of drug-likeness (QED) is 0.703. The van der Waals surface area contributed by atoms with Crippen molar-refractivity contribution >= 4 is 0 Å². The van der Waals surface area contributed by atoms with Gasteiger partial charge in [-0.15, -0.1) is 5.75 Å². The van der Waals surface area contributed by atoms with Crippen LogP contribution in [0.3, 0.4) is 0 Å². The third kappa shape index (κ3) is 4.41. The van der Waals surface area contributed by atoms with Crippen LogP contribution < -0.4 is 61.2 Å². The van der Waals surface area contributed by atoms with E-state index in [4.69, 9.17) is 4.74 Å². The van der Waals surface area contributed by atoms with Gasteiger partial charge >= 0.3 is 51.4 Å². The maximum atomic E-state index is 11.5. The minimum atomic E-state index is 0. The van der Waals surface area contributed by atoms with Gasteiger partial charge in [0.25, 0.3) is 0 Å². The van der Waals surface area contributed by atoms with E-state index in [1.807, 2.05) is 30.3 Å². The van der Waals surface area contributed by atoms with Crippen molar-refractivity contribution in [2.45, 2.75) is 12.8 Å². The molecule has 0 fully saturated rings. The average molecular weight is 266 g/mol. The van der Waals surface area contributed by atoms with Gasteiger partial charge in [-0.2, -0.15) is 0 Å². The van der Waals surface area contributed by atoms with Crippen LogP contribution in [0.5, 0.6) is 11.5 Å². The number of rotatable bonds is 4. The first kappa shape index (κ1) is 15.7. The molecule has 2 aromatic rings. The van der Waals surface area contributed by atoms with E-state index >= 15 is 0 Å². The van der Waals surface area contributed by atoms with Gasteiger partial charge in [0.2, 0.25) is 0 Å². The van der Waals surface area contributed by atoms with Crippen molar-refractivity contribution in [3.8, 4) is 11.5 Å². The van der Waals surface area contributed by atoms with Crippen LogP contribution in [0.4, 0.5) is 0 Å². The topological polar surface area (TPSA) is 32.3 Å². The third-order valence-electron chi connectivity index (χ3n) is 2.79. The van der Waals surface area contributed by atoms with Gasteiger partial charge in [0, 0.05) is 0 Å². The van der Waals surface area contributed by atoms with E-state index in [0.717, 1.165) is 24.2 Å². The molecular weight excluding hydrogens is 251 g/mol. The molecule has 0 bridgehead atoms. The van der Waals surface area contributed by atoms with E-state index in [2.05, 4.69) is 6.07 Å². The molecule has 0 aliphatic heterocycles. The summed E-state index contributed by atoms with van der Waals surface area (Å²) in [5, 5.41) is 11.5. The Kier molecular flexibility index (Phi) is 6.97. The molecule has 0 amide bonds. The zero-order chi connectivity index (χ0) is 12.1. The van der Waals surface area contributed by atoms with Crippen LogP contribution in [-0.2, 0) is 12.8 Å². The molecule has 0 aliphatic rings. The minimum Gasteiger partial charge on any atom is -0.872 e. The Hall–Kier alpha value is -0.324. The van der Waals surface area contributed by atoms with Crippen LogP contribution in [0.2, 0.25) is 0 Å². The van der Waals surface area contributed by atoms with Gasteiger partial charge in [0.1, 0.15) is 5.75 Å². The van der Waals surface area contributed by atoms with Crippen molar-refractivity contribution in [2.24, 2.45) is 0 Å². The van der Waals surface area contributed by atoms with Crippen molar-refractivity contribution in [1.29, 1.82) is 0 Å². The van der Waals surface area contributed by atoms with E-state index in [0.29, 0.717) is 0 Å². The van der Waals surface area contributed by atoms with Crippen LogP contribution >= 0.6 is 0 Å². The summed E-state index contributed by atoms with van der Waals surface area (Å²) >= 11 is 0. The summed E-state index contributed by atoms with van der Waals surface area (Å²) in [5.41, 5.74) is 2.06. The third-order valence-corrected chi connectivity index (χ3v) is 2.79. The SMILES string of the molecule is COc1cccc(CCc2ccccc2[O-])c1.[K+]. The number of hydrogen-bond donors (Lipinski definition) is 0. The van der Waals surface area contributed by atoms with E-state index in [1.54, 1.807) is 19.2 Å². The van der Waals surface area contributed by atoms with Crippen LogP contribution in [-0.4, -0.2) is 7.11 Å². The van der Waals surface area contributed by atoms with Crippen molar-refractivity contribution in [3.05, 3.63) is 59.7 Å². The second kappa shape index (κ2) is 7.97. The maximum Gasteiger partial charge on any atom is 1.00 e. The minimum absolute atomic E-state index is 0. The van der Waals surface area contributed by atoms with E-state index < -0.39 is 0 Å². The molecule has 0 radical (unpaired) electrons. The van der Waals surface area contributed by atoms with Gasteiger partial charge < -0.3 is 9.84 Å². The summed E-state index contributed by atoms with van der Waals surface area (Å²) in [4.78, 5) is 0. The van der Waals surface area contributed by atoms with Gasteiger partial charge in [-0.3, -0.25) is 0 Å². The van der Waals surface area contributed by atoms with Gasteiger partial charge in [0.05, 0.1) is 7.11 Å². The molecule has 2 nitrogen and oxygen atoms in total. The standard InChI is InChI=1S/C15H16O2.K/c1-17-14-7-4-5-12(11-14)9-10-13-6-2-3-8-15(13)16;/h2-8,11,16H,9-10H2,1H3;/q;+1/p-1. The number of para-hydroxylation sites is 1. The Morgan fingerprint density at radius 3 is 2.50 bits per heavy atom.